The van der Waals surface area contributed by atoms with Crippen molar-refractivity contribution >= 4 is 21.8 Å². The van der Waals surface area contributed by atoms with E-state index in [4.69, 9.17) is 4.42 Å². The third-order valence-corrected chi connectivity index (χ3v) is 6.71. The zero-order valence-electron chi connectivity index (χ0n) is 14.6. The van der Waals surface area contributed by atoms with Gasteiger partial charge in [0, 0.05) is 18.2 Å². The Morgan fingerprint density at radius 2 is 1.96 bits per heavy atom. The highest BCUT2D eigenvalue weighted by Gasteiger charge is 2.30. The van der Waals surface area contributed by atoms with Crippen molar-refractivity contribution in [1.82, 2.24) is 19.5 Å². The molecule has 4 rings (SSSR count). The number of furan rings is 1. The van der Waals surface area contributed by atoms with Crippen molar-refractivity contribution in [3.05, 3.63) is 60.3 Å². The molecule has 27 heavy (non-hydrogen) atoms. The molecule has 0 unspecified atom stereocenters. The van der Waals surface area contributed by atoms with Crippen molar-refractivity contribution in [2.45, 2.75) is 35.4 Å². The number of sulfonamides is 1. The minimum atomic E-state index is -3.49. The molecule has 3 aromatic rings. The van der Waals surface area contributed by atoms with Crippen LogP contribution in [0, 0.1) is 0 Å². The van der Waals surface area contributed by atoms with Crippen LogP contribution in [0.4, 0.5) is 0 Å². The summed E-state index contributed by atoms with van der Waals surface area (Å²) in [5, 5.41) is 9.44. The van der Waals surface area contributed by atoms with Crippen LogP contribution in [0.15, 0.2) is 63.2 Å². The van der Waals surface area contributed by atoms with Gasteiger partial charge in [0.15, 0.2) is 5.16 Å². The lowest BCUT2D eigenvalue weighted by Crippen LogP contribution is -2.26. The van der Waals surface area contributed by atoms with E-state index in [1.807, 2.05) is 12.1 Å². The lowest BCUT2D eigenvalue weighted by molar-refractivity contribution is 0.478. The monoisotopic (exact) mass is 404 g/mol. The summed E-state index contributed by atoms with van der Waals surface area (Å²) in [5.41, 5.74) is 0. The molecule has 0 atom stereocenters. The van der Waals surface area contributed by atoms with E-state index in [0.717, 1.165) is 29.6 Å². The Balaban J connectivity index is 1.38. The molecule has 1 aliphatic rings. The fourth-order valence-electron chi connectivity index (χ4n) is 2.76. The first-order valence-corrected chi connectivity index (χ1v) is 11.2. The van der Waals surface area contributed by atoms with Gasteiger partial charge in [-0.1, -0.05) is 30.0 Å². The SMILES string of the molecule is O=S(=O)(NCCSc1nnc(C2CC2)n1Cc1ccco1)c1ccccc1. The third kappa shape index (κ3) is 4.42. The number of hydrogen-bond donors (Lipinski definition) is 1. The summed E-state index contributed by atoms with van der Waals surface area (Å²) < 4.78 is 34.7. The topological polar surface area (TPSA) is 90.0 Å². The fraction of sp³-hybridized carbons (Fsp3) is 0.333. The Labute approximate surface area is 162 Å². The number of thioether (sulfide) groups is 1. The molecule has 2 heterocycles. The maximum Gasteiger partial charge on any atom is 0.240 e. The summed E-state index contributed by atoms with van der Waals surface area (Å²) in [6.07, 6.45) is 3.93. The van der Waals surface area contributed by atoms with E-state index >= 15 is 0 Å². The summed E-state index contributed by atoms with van der Waals surface area (Å²) in [6, 6.07) is 12.2. The van der Waals surface area contributed by atoms with E-state index in [1.165, 1.54) is 11.8 Å². The number of benzene rings is 1. The molecule has 9 heteroatoms. The maximum atomic E-state index is 12.3. The zero-order valence-corrected chi connectivity index (χ0v) is 16.2. The standard InChI is InChI=1S/C18H20N4O3S2/c23-27(24,16-6-2-1-3-7-16)19-10-12-26-18-21-20-17(14-8-9-14)22(18)13-15-5-4-11-25-15/h1-7,11,14,19H,8-10,12-13H2. The predicted molar refractivity (Wildman–Crippen MR) is 102 cm³/mol. The molecule has 2 aromatic heterocycles. The molecule has 1 fully saturated rings. The van der Waals surface area contributed by atoms with Crippen molar-refractivity contribution in [2.75, 3.05) is 12.3 Å². The van der Waals surface area contributed by atoms with Crippen LogP contribution in [0.3, 0.4) is 0 Å². The first-order chi connectivity index (χ1) is 13.1. The lowest BCUT2D eigenvalue weighted by Gasteiger charge is -2.09. The van der Waals surface area contributed by atoms with Crippen LogP contribution in [0.2, 0.25) is 0 Å². The summed E-state index contributed by atoms with van der Waals surface area (Å²) in [4.78, 5) is 0.270. The van der Waals surface area contributed by atoms with Gasteiger partial charge in [-0.05, 0) is 37.1 Å². The van der Waals surface area contributed by atoms with Crippen LogP contribution in [-0.4, -0.2) is 35.5 Å². The van der Waals surface area contributed by atoms with E-state index in [-0.39, 0.29) is 4.90 Å². The average Bonchev–Trinajstić information content (AvgIpc) is 3.24. The van der Waals surface area contributed by atoms with E-state index in [0.29, 0.717) is 24.8 Å². The Hall–Kier alpha value is -2.10. The van der Waals surface area contributed by atoms with Gasteiger partial charge in [0.1, 0.15) is 11.6 Å². The molecule has 0 bridgehead atoms. The van der Waals surface area contributed by atoms with Crippen molar-refractivity contribution in [2.24, 2.45) is 0 Å². The van der Waals surface area contributed by atoms with Crippen molar-refractivity contribution in [3.8, 4) is 0 Å². The van der Waals surface area contributed by atoms with Crippen LogP contribution >= 0.6 is 11.8 Å². The summed E-state index contributed by atoms with van der Waals surface area (Å²) >= 11 is 1.49. The minimum Gasteiger partial charge on any atom is -0.467 e. The van der Waals surface area contributed by atoms with Crippen LogP contribution in [0.5, 0.6) is 0 Å². The highest BCUT2D eigenvalue weighted by Crippen LogP contribution is 2.40. The fourth-order valence-corrected chi connectivity index (χ4v) is 4.74. The third-order valence-electron chi connectivity index (χ3n) is 4.26. The molecule has 0 radical (unpaired) electrons. The van der Waals surface area contributed by atoms with E-state index < -0.39 is 10.0 Å². The van der Waals surface area contributed by atoms with Crippen molar-refractivity contribution in [3.63, 3.8) is 0 Å². The Morgan fingerprint density at radius 1 is 1.15 bits per heavy atom. The van der Waals surface area contributed by atoms with Gasteiger partial charge in [-0.15, -0.1) is 10.2 Å². The van der Waals surface area contributed by atoms with Gasteiger partial charge in [-0.2, -0.15) is 0 Å². The van der Waals surface area contributed by atoms with Crippen LogP contribution in [0.1, 0.15) is 30.3 Å². The van der Waals surface area contributed by atoms with Crippen LogP contribution in [-0.2, 0) is 16.6 Å². The van der Waals surface area contributed by atoms with E-state index in [1.54, 1.807) is 36.6 Å². The van der Waals surface area contributed by atoms with Gasteiger partial charge in [-0.3, -0.25) is 4.57 Å². The second-order valence-corrected chi connectivity index (χ2v) is 9.17. The second kappa shape index (κ2) is 7.87. The number of aromatic nitrogens is 3. The maximum absolute atomic E-state index is 12.3. The summed E-state index contributed by atoms with van der Waals surface area (Å²) in [6.45, 7) is 0.901. The van der Waals surface area contributed by atoms with Crippen molar-refractivity contribution < 1.29 is 12.8 Å². The quantitative estimate of drug-likeness (QED) is 0.436. The molecule has 0 spiro atoms. The minimum absolute atomic E-state index is 0.270. The first-order valence-electron chi connectivity index (χ1n) is 8.76. The predicted octanol–water partition coefficient (Wildman–Crippen LogP) is 2.87. The lowest BCUT2D eigenvalue weighted by atomic mass is 10.3. The number of hydrogen-bond acceptors (Lipinski definition) is 6. The Morgan fingerprint density at radius 3 is 2.67 bits per heavy atom. The molecule has 0 aliphatic heterocycles. The van der Waals surface area contributed by atoms with Gasteiger partial charge < -0.3 is 4.42 Å². The molecule has 1 saturated carbocycles. The van der Waals surface area contributed by atoms with Crippen LogP contribution in [0.25, 0.3) is 0 Å². The molecule has 1 aromatic carbocycles. The highest BCUT2D eigenvalue weighted by atomic mass is 32.2. The summed E-state index contributed by atoms with van der Waals surface area (Å²) in [7, 11) is -3.49. The van der Waals surface area contributed by atoms with E-state index in [9.17, 15) is 8.42 Å². The second-order valence-electron chi connectivity index (χ2n) is 6.34. The van der Waals surface area contributed by atoms with Gasteiger partial charge in [-0.25, -0.2) is 13.1 Å². The number of rotatable bonds is 9. The molecule has 7 nitrogen and oxygen atoms in total. The van der Waals surface area contributed by atoms with Crippen molar-refractivity contribution in [1.29, 1.82) is 0 Å². The molecule has 142 valence electrons. The first kappa shape index (κ1) is 18.3. The molecular weight excluding hydrogens is 384 g/mol. The largest absolute Gasteiger partial charge is 0.467 e. The van der Waals surface area contributed by atoms with E-state index in [2.05, 4.69) is 19.5 Å². The smallest absolute Gasteiger partial charge is 0.240 e. The van der Waals surface area contributed by atoms with Gasteiger partial charge in [0.05, 0.1) is 17.7 Å². The Bertz CT molecular complexity index is 981. The highest BCUT2D eigenvalue weighted by molar-refractivity contribution is 7.99. The molecule has 1 aliphatic carbocycles. The zero-order chi connectivity index (χ0) is 18.7. The molecule has 1 N–H and O–H groups in total. The van der Waals surface area contributed by atoms with Gasteiger partial charge in [0.2, 0.25) is 10.0 Å². The van der Waals surface area contributed by atoms with Gasteiger partial charge >= 0.3 is 0 Å². The normalized spacial score (nSPS) is 14.5. The molecular formula is C18H20N4O3S2. The number of nitrogens with one attached hydrogen (secondary N) is 1. The molecule has 0 saturated heterocycles. The van der Waals surface area contributed by atoms with Gasteiger partial charge in [0.25, 0.3) is 0 Å². The Kier molecular flexibility index (Phi) is 5.33. The molecule has 0 amide bonds. The number of nitrogens with zero attached hydrogens (tertiary/aromatic N) is 3. The average molecular weight is 405 g/mol. The summed E-state index contributed by atoms with van der Waals surface area (Å²) in [5.74, 6) is 2.87. The van der Waals surface area contributed by atoms with Crippen LogP contribution < -0.4 is 4.72 Å².